The summed E-state index contributed by atoms with van der Waals surface area (Å²) in [6.45, 7) is 3.18. The lowest BCUT2D eigenvalue weighted by atomic mass is 9.69. The second-order valence-electron chi connectivity index (χ2n) is 4.11. The van der Waals surface area contributed by atoms with Gasteiger partial charge in [-0.15, -0.1) is 0 Å². The summed E-state index contributed by atoms with van der Waals surface area (Å²) in [7, 11) is 0. The Labute approximate surface area is 74.2 Å². The van der Waals surface area contributed by atoms with Gasteiger partial charge in [0.1, 0.15) is 0 Å². The molecule has 68 valence electrons. The minimum Gasteiger partial charge on any atom is -0.330 e. The third-order valence-electron chi connectivity index (χ3n) is 3.45. The molecule has 2 unspecified atom stereocenters. The van der Waals surface area contributed by atoms with Crippen LogP contribution in [0.4, 0.5) is 0 Å². The second kappa shape index (κ2) is 3.19. The lowest BCUT2D eigenvalue weighted by Gasteiger charge is -2.35. The van der Waals surface area contributed by atoms with Crippen molar-refractivity contribution in [2.75, 3.05) is 19.6 Å². The van der Waals surface area contributed by atoms with E-state index in [4.69, 9.17) is 5.73 Å². The fourth-order valence-electron chi connectivity index (χ4n) is 2.69. The largest absolute Gasteiger partial charge is 0.330 e. The molecule has 2 aliphatic rings. The Morgan fingerprint density at radius 1 is 1.58 bits per heavy atom. The van der Waals surface area contributed by atoms with Gasteiger partial charge in [0.2, 0.25) is 0 Å². The quantitative estimate of drug-likeness (QED) is 0.598. The van der Waals surface area contributed by atoms with Crippen LogP contribution in [0.2, 0.25) is 0 Å². The van der Waals surface area contributed by atoms with E-state index < -0.39 is 0 Å². The monoisotopic (exact) mass is 166 g/mol. The van der Waals surface area contributed by atoms with Gasteiger partial charge in [0.05, 0.1) is 0 Å². The van der Waals surface area contributed by atoms with Gasteiger partial charge in [-0.1, -0.05) is 12.2 Å². The third kappa shape index (κ3) is 1.19. The fourth-order valence-corrected chi connectivity index (χ4v) is 2.69. The molecule has 2 heteroatoms. The number of fused-ring (bicyclic) bond motifs is 1. The highest BCUT2D eigenvalue weighted by molar-refractivity contribution is 5.09. The van der Waals surface area contributed by atoms with E-state index in [0.717, 1.165) is 19.0 Å². The smallest absolute Gasteiger partial charge is 0.00202 e. The van der Waals surface area contributed by atoms with Crippen molar-refractivity contribution in [3.05, 3.63) is 12.2 Å². The highest BCUT2D eigenvalue weighted by Crippen LogP contribution is 2.42. The van der Waals surface area contributed by atoms with Gasteiger partial charge in [-0.25, -0.2) is 0 Å². The van der Waals surface area contributed by atoms with Crippen LogP contribution in [0.5, 0.6) is 0 Å². The van der Waals surface area contributed by atoms with Gasteiger partial charge in [0.25, 0.3) is 0 Å². The number of hydrogen-bond donors (Lipinski definition) is 2. The Bertz CT molecular complexity index is 188. The van der Waals surface area contributed by atoms with Crippen molar-refractivity contribution < 1.29 is 0 Å². The Kier molecular flexibility index (Phi) is 2.20. The molecule has 2 rings (SSSR count). The lowest BCUT2D eigenvalue weighted by molar-refractivity contribution is 0.216. The molecule has 0 bridgehead atoms. The molecule has 1 aliphatic heterocycles. The first-order valence-electron chi connectivity index (χ1n) is 4.95. The first-order chi connectivity index (χ1) is 5.87. The number of rotatable bonds is 2. The molecule has 2 nitrogen and oxygen atoms in total. The summed E-state index contributed by atoms with van der Waals surface area (Å²) in [4.78, 5) is 0. The summed E-state index contributed by atoms with van der Waals surface area (Å²) in [5.41, 5.74) is 6.18. The standard InChI is InChI=1S/C10H18N2/c11-6-5-10-4-2-1-3-9(10)7-12-8-10/h1,3,9,12H,2,4-8,11H2. The fraction of sp³-hybridized carbons (Fsp3) is 0.800. The first-order valence-corrected chi connectivity index (χ1v) is 4.95. The van der Waals surface area contributed by atoms with Crippen LogP contribution >= 0.6 is 0 Å². The molecule has 0 saturated carbocycles. The van der Waals surface area contributed by atoms with Crippen LogP contribution in [-0.4, -0.2) is 19.6 Å². The molecular formula is C10H18N2. The predicted octanol–water partition coefficient (Wildman–Crippen LogP) is 0.891. The molecule has 2 atom stereocenters. The van der Waals surface area contributed by atoms with Gasteiger partial charge in [0.15, 0.2) is 0 Å². The predicted molar refractivity (Wildman–Crippen MR) is 50.8 cm³/mol. The maximum Gasteiger partial charge on any atom is 0.00202 e. The van der Waals surface area contributed by atoms with Gasteiger partial charge in [-0.05, 0) is 37.1 Å². The van der Waals surface area contributed by atoms with Crippen molar-refractivity contribution in [2.24, 2.45) is 17.1 Å². The van der Waals surface area contributed by atoms with E-state index in [1.807, 2.05) is 0 Å². The van der Waals surface area contributed by atoms with Crippen LogP contribution < -0.4 is 11.1 Å². The molecule has 12 heavy (non-hydrogen) atoms. The van der Waals surface area contributed by atoms with Crippen molar-refractivity contribution in [3.8, 4) is 0 Å². The van der Waals surface area contributed by atoms with Gasteiger partial charge in [-0.3, -0.25) is 0 Å². The minimum absolute atomic E-state index is 0.517. The summed E-state index contributed by atoms with van der Waals surface area (Å²) < 4.78 is 0. The van der Waals surface area contributed by atoms with Gasteiger partial charge in [-0.2, -0.15) is 0 Å². The highest BCUT2D eigenvalue weighted by Gasteiger charge is 2.41. The highest BCUT2D eigenvalue weighted by atomic mass is 14.9. The average Bonchev–Trinajstić information content (AvgIpc) is 2.48. The molecule has 0 radical (unpaired) electrons. The molecule has 0 amide bonds. The molecular weight excluding hydrogens is 148 g/mol. The molecule has 1 aliphatic carbocycles. The zero-order chi connectivity index (χ0) is 8.44. The molecule has 0 aromatic rings. The Balaban J connectivity index is 2.14. The van der Waals surface area contributed by atoms with Crippen molar-refractivity contribution in [3.63, 3.8) is 0 Å². The normalized spacial score (nSPS) is 39.9. The van der Waals surface area contributed by atoms with Crippen molar-refractivity contribution in [2.45, 2.75) is 19.3 Å². The topological polar surface area (TPSA) is 38.0 Å². The number of nitrogens with two attached hydrogens (primary N) is 1. The van der Waals surface area contributed by atoms with E-state index in [0.29, 0.717) is 5.41 Å². The Morgan fingerprint density at radius 2 is 2.50 bits per heavy atom. The van der Waals surface area contributed by atoms with Crippen LogP contribution in [0.25, 0.3) is 0 Å². The van der Waals surface area contributed by atoms with E-state index in [9.17, 15) is 0 Å². The van der Waals surface area contributed by atoms with E-state index in [1.54, 1.807) is 0 Å². The molecule has 0 aromatic carbocycles. The zero-order valence-corrected chi connectivity index (χ0v) is 7.55. The van der Waals surface area contributed by atoms with Crippen molar-refractivity contribution in [1.82, 2.24) is 5.32 Å². The Hall–Kier alpha value is -0.340. The van der Waals surface area contributed by atoms with E-state index in [-0.39, 0.29) is 0 Å². The van der Waals surface area contributed by atoms with Gasteiger partial charge in [0, 0.05) is 13.1 Å². The first kappa shape index (κ1) is 8.27. The van der Waals surface area contributed by atoms with Crippen molar-refractivity contribution in [1.29, 1.82) is 0 Å². The maximum atomic E-state index is 5.66. The number of allylic oxidation sites excluding steroid dienone is 1. The summed E-state index contributed by atoms with van der Waals surface area (Å²) in [6, 6.07) is 0. The van der Waals surface area contributed by atoms with Crippen LogP contribution in [0.1, 0.15) is 19.3 Å². The molecule has 3 N–H and O–H groups in total. The van der Waals surface area contributed by atoms with Gasteiger partial charge < -0.3 is 11.1 Å². The summed E-state index contributed by atoms with van der Waals surface area (Å²) >= 11 is 0. The van der Waals surface area contributed by atoms with Gasteiger partial charge >= 0.3 is 0 Å². The zero-order valence-electron chi connectivity index (χ0n) is 7.55. The molecule has 0 aromatic heterocycles. The summed E-state index contributed by atoms with van der Waals surface area (Å²) in [6.07, 6.45) is 8.48. The van der Waals surface area contributed by atoms with E-state index in [1.165, 1.54) is 25.8 Å². The Morgan fingerprint density at radius 3 is 3.33 bits per heavy atom. The molecule has 1 saturated heterocycles. The van der Waals surface area contributed by atoms with Crippen LogP contribution in [0.3, 0.4) is 0 Å². The summed E-state index contributed by atoms with van der Waals surface area (Å²) in [5.74, 6) is 0.759. The third-order valence-corrected chi connectivity index (χ3v) is 3.45. The van der Waals surface area contributed by atoms with Crippen LogP contribution in [-0.2, 0) is 0 Å². The SMILES string of the molecule is NCCC12CCC=CC1CNC2. The summed E-state index contributed by atoms with van der Waals surface area (Å²) in [5, 5.41) is 3.48. The van der Waals surface area contributed by atoms with Crippen molar-refractivity contribution >= 4 is 0 Å². The second-order valence-corrected chi connectivity index (χ2v) is 4.11. The molecule has 1 heterocycles. The van der Waals surface area contributed by atoms with Crippen LogP contribution in [0, 0.1) is 11.3 Å². The molecule has 0 spiro atoms. The minimum atomic E-state index is 0.517. The van der Waals surface area contributed by atoms with E-state index in [2.05, 4.69) is 17.5 Å². The molecule has 1 fully saturated rings. The lowest BCUT2D eigenvalue weighted by Crippen LogP contribution is -2.33. The van der Waals surface area contributed by atoms with E-state index >= 15 is 0 Å². The number of nitrogens with one attached hydrogen (secondary N) is 1. The van der Waals surface area contributed by atoms with Crippen LogP contribution in [0.15, 0.2) is 12.2 Å². The number of hydrogen-bond acceptors (Lipinski definition) is 2. The maximum absolute atomic E-state index is 5.66. The average molecular weight is 166 g/mol.